The Kier molecular flexibility index (Phi) is 3.98. The highest BCUT2D eigenvalue weighted by molar-refractivity contribution is 7.99. The van der Waals surface area contributed by atoms with E-state index in [9.17, 15) is 0 Å². The molecule has 0 aliphatic heterocycles. The normalized spacial score (nSPS) is 25.7. The first-order chi connectivity index (χ1) is 7.70. The minimum atomic E-state index is 0.665. The zero-order chi connectivity index (χ0) is 11.5. The van der Waals surface area contributed by atoms with Crippen LogP contribution in [0.25, 0.3) is 0 Å². The Morgan fingerprint density at radius 3 is 2.94 bits per heavy atom. The van der Waals surface area contributed by atoms with Crippen molar-refractivity contribution in [1.29, 1.82) is 0 Å². The van der Waals surface area contributed by atoms with Crippen LogP contribution < -0.4 is 5.32 Å². The monoisotopic (exact) mass is 239 g/mol. The lowest BCUT2D eigenvalue weighted by Gasteiger charge is -2.08. The molecule has 3 atom stereocenters. The molecule has 1 N–H and O–H groups in total. The van der Waals surface area contributed by atoms with Crippen LogP contribution >= 0.6 is 11.8 Å². The van der Waals surface area contributed by atoms with Crippen molar-refractivity contribution >= 4 is 11.8 Å². The SMILES string of the molecule is CSC(C)CNCc1ccc(C2CC2C)o1. The fourth-order valence-corrected chi connectivity index (χ4v) is 2.17. The summed E-state index contributed by atoms with van der Waals surface area (Å²) >= 11 is 1.89. The van der Waals surface area contributed by atoms with Crippen LogP contribution in [0, 0.1) is 5.92 Å². The Balaban J connectivity index is 1.75. The van der Waals surface area contributed by atoms with Gasteiger partial charge in [-0.15, -0.1) is 0 Å². The molecular formula is C13H21NOS. The number of thioether (sulfide) groups is 1. The molecule has 0 radical (unpaired) electrons. The molecule has 0 amide bonds. The Labute approximate surface area is 102 Å². The van der Waals surface area contributed by atoms with Gasteiger partial charge < -0.3 is 9.73 Å². The molecule has 0 saturated heterocycles. The highest BCUT2D eigenvalue weighted by atomic mass is 32.2. The minimum absolute atomic E-state index is 0.665. The molecule has 1 aromatic heterocycles. The van der Waals surface area contributed by atoms with E-state index in [4.69, 9.17) is 4.42 Å². The second kappa shape index (κ2) is 5.28. The fraction of sp³-hybridized carbons (Fsp3) is 0.692. The summed E-state index contributed by atoms with van der Waals surface area (Å²) in [6, 6.07) is 4.25. The van der Waals surface area contributed by atoms with Gasteiger partial charge in [0, 0.05) is 17.7 Å². The van der Waals surface area contributed by atoms with Crippen LogP contribution in [-0.4, -0.2) is 18.1 Å². The summed E-state index contributed by atoms with van der Waals surface area (Å²) in [5.74, 6) is 3.77. The van der Waals surface area contributed by atoms with Gasteiger partial charge in [-0.3, -0.25) is 0 Å². The van der Waals surface area contributed by atoms with Crippen LogP contribution in [0.1, 0.15) is 37.7 Å². The topological polar surface area (TPSA) is 25.2 Å². The van der Waals surface area contributed by atoms with E-state index < -0.39 is 0 Å². The number of rotatable bonds is 6. The van der Waals surface area contributed by atoms with E-state index in [1.807, 2.05) is 11.8 Å². The summed E-state index contributed by atoms with van der Waals surface area (Å²) in [6.07, 6.45) is 3.44. The molecule has 90 valence electrons. The van der Waals surface area contributed by atoms with Gasteiger partial charge >= 0.3 is 0 Å². The number of hydrogen-bond acceptors (Lipinski definition) is 3. The maximum absolute atomic E-state index is 5.82. The third-order valence-electron chi connectivity index (χ3n) is 3.29. The van der Waals surface area contributed by atoms with Crippen molar-refractivity contribution in [3.8, 4) is 0 Å². The van der Waals surface area contributed by atoms with Gasteiger partial charge in [0.25, 0.3) is 0 Å². The van der Waals surface area contributed by atoms with Gasteiger partial charge in [0.05, 0.1) is 6.54 Å². The first kappa shape index (κ1) is 12.1. The lowest BCUT2D eigenvalue weighted by molar-refractivity contribution is 0.445. The van der Waals surface area contributed by atoms with Crippen LogP contribution in [0.3, 0.4) is 0 Å². The fourth-order valence-electron chi connectivity index (χ4n) is 1.89. The van der Waals surface area contributed by atoms with E-state index in [1.54, 1.807) is 0 Å². The summed E-state index contributed by atoms with van der Waals surface area (Å²) in [7, 11) is 0. The molecule has 3 heteroatoms. The van der Waals surface area contributed by atoms with Crippen molar-refractivity contribution in [3.63, 3.8) is 0 Å². The molecule has 2 nitrogen and oxygen atoms in total. The van der Waals surface area contributed by atoms with E-state index in [1.165, 1.54) is 12.2 Å². The Bertz CT molecular complexity index is 336. The Morgan fingerprint density at radius 2 is 2.31 bits per heavy atom. The van der Waals surface area contributed by atoms with Gasteiger partial charge in [0.1, 0.15) is 11.5 Å². The summed E-state index contributed by atoms with van der Waals surface area (Å²) in [6.45, 7) is 6.41. The highest BCUT2D eigenvalue weighted by Gasteiger charge is 2.36. The average Bonchev–Trinajstić information content (AvgIpc) is 2.82. The molecule has 1 saturated carbocycles. The molecule has 0 bridgehead atoms. The van der Waals surface area contributed by atoms with Crippen molar-refractivity contribution < 1.29 is 4.42 Å². The average molecular weight is 239 g/mol. The van der Waals surface area contributed by atoms with E-state index >= 15 is 0 Å². The van der Waals surface area contributed by atoms with Crippen LogP contribution in [0.5, 0.6) is 0 Å². The summed E-state index contributed by atoms with van der Waals surface area (Å²) < 4.78 is 5.82. The Morgan fingerprint density at radius 1 is 1.56 bits per heavy atom. The standard InChI is InChI=1S/C13H21NOS/c1-9-6-12(9)13-5-4-11(15-13)8-14-7-10(2)16-3/h4-5,9-10,12,14H,6-8H2,1-3H3. The van der Waals surface area contributed by atoms with Gasteiger partial charge in [0.2, 0.25) is 0 Å². The van der Waals surface area contributed by atoms with Crippen LogP contribution in [0.15, 0.2) is 16.5 Å². The largest absolute Gasteiger partial charge is 0.464 e. The molecule has 3 unspecified atom stereocenters. The van der Waals surface area contributed by atoms with E-state index in [-0.39, 0.29) is 0 Å². The predicted octanol–water partition coefficient (Wildman–Crippen LogP) is 3.24. The van der Waals surface area contributed by atoms with Gasteiger partial charge in [-0.2, -0.15) is 11.8 Å². The minimum Gasteiger partial charge on any atom is -0.464 e. The molecule has 1 aromatic rings. The van der Waals surface area contributed by atoms with Crippen molar-refractivity contribution in [2.75, 3.05) is 12.8 Å². The molecule has 1 aliphatic carbocycles. The van der Waals surface area contributed by atoms with E-state index in [2.05, 4.69) is 37.6 Å². The quantitative estimate of drug-likeness (QED) is 0.825. The maximum atomic E-state index is 5.82. The molecular weight excluding hydrogens is 218 g/mol. The van der Waals surface area contributed by atoms with Crippen molar-refractivity contribution in [2.45, 2.75) is 38.0 Å². The highest BCUT2D eigenvalue weighted by Crippen LogP contribution is 2.47. The molecule has 0 aromatic carbocycles. The Hall–Kier alpha value is -0.410. The molecule has 16 heavy (non-hydrogen) atoms. The molecule has 1 aliphatic rings. The second-order valence-electron chi connectivity index (χ2n) is 4.80. The predicted molar refractivity (Wildman–Crippen MR) is 69.9 cm³/mol. The van der Waals surface area contributed by atoms with E-state index in [0.717, 1.165) is 24.8 Å². The third-order valence-corrected chi connectivity index (χ3v) is 4.26. The summed E-state index contributed by atoms with van der Waals surface area (Å²) in [4.78, 5) is 0. The first-order valence-corrected chi connectivity index (χ1v) is 7.31. The van der Waals surface area contributed by atoms with Gasteiger partial charge in [-0.25, -0.2) is 0 Å². The van der Waals surface area contributed by atoms with Crippen LogP contribution in [0.4, 0.5) is 0 Å². The molecule has 1 heterocycles. The number of furan rings is 1. The third kappa shape index (κ3) is 3.05. The molecule has 1 fully saturated rings. The zero-order valence-corrected chi connectivity index (χ0v) is 11.1. The van der Waals surface area contributed by atoms with Gasteiger partial charge in [-0.05, 0) is 30.7 Å². The summed E-state index contributed by atoms with van der Waals surface area (Å²) in [5.41, 5.74) is 0. The van der Waals surface area contributed by atoms with Crippen molar-refractivity contribution in [3.05, 3.63) is 23.7 Å². The van der Waals surface area contributed by atoms with Crippen LogP contribution in [0.2, 0.25) is 0 Å². The van der Waals surface area contributed by atoms with Gasteiger partial charge in [-0.1, -0.05) is 13.8 Å². The summed E-state index contributed by atoms with van der Waals surface area (Å²) in [5, 5.41) is 4.09. The molecule has 2 rings (SSSR count). The van der Waals surface area contributed by atoms with Crippen LogP contribution in [-0.2, 0) is 6.54 Å². The second-order valence-corrected chi connectivity index (χ2v) is 6.08. The first-order valence-electron chi connectivity index (χ1n) is 6.02. The number of hydrogen-bond donors (Lipinski definition) is 1. The van der Waals surface area contributed by atoms with Crippen molar-refractivity contribution in [2.24, 2.45) is 5.92 Å². The van der Waals surface area contributed by atoms with E-state index in [0.29, 0.717) is 11.2 Å². The lowest BCUT2D eigenvalue weighted by Crippen LogP contribution is -2.21. The zero-order valence-electron chi connectivity index (χ0n) is 10.3. The maximum Gasteiger partial charge on any atom is 0.117 e. The lowest BCUT2D eigenvalue weighted by atomic mass is 10.3. The van der Waals surface area contributed by atoms with Crippen molar-refractivity contribution in [1.82, 2.24) is 5.32 Å². The number of nitrogens with one attached hydrogen (secondary N) is 1. The smallest absolute Gasteiger partial charge is 0.117 e. The molecule has 0 spiro atoms. The van der Waals surface area contributed by atoms with Gasteiger partial charge in [0.15, 0.2) is 0 Å².